The Morgan fingerprint density at radius 3 is 2.37 bits per heavy atom. The molecule has 0 saturated heterocycles. The molecule has 8 heteroatoms. The second-order valence-corrected chi connectivity index (χ2v) is 7.37. The van der Waals surface area contributed by atoms with Gasteiger partial charge in [0.1, 0.15) is 12.3 Å². The van der Waals surface area contributed by atoms with Gasteiger partial charge in [-0.15, -0.1) is 0 Å². The Labute approximate surface area is 180 Å². The highest BCUT2D eigenvalue weighted by Gasteiger charge is 2.13. The number of ether oxygens (including phenoxy) is 2. The van der Waals surface area contributed by atoms with E-state index in [-0.39, 0.29) is 25.0 Å². The maximum Gasteiger partial charge on any atom is 0.325 e. The minimum absolute atomic E-state index is 0.165. The van der Waals surface area contributed by atoms with Crippen LogP contribution < -0.4 is 15.4 Å². The third kappa shape index (κ3) is 6.49. The third-order valence-electron chi connectivity index (χ3n) is 4.32. The number of anilines is 1. The van der Waals surface area contributed by atoms with E-state index in [9.17, 15) is 14.4 Å². The fourth-order valence-corrected chi connectivity index (χ4v) is 2.79. The van der Waals surface area contributed by atoms with Gasteiger partial charge in [0.15, 0.2) is 6.61 Å². The molecule has 0 bridgehead atoms. The van der Waals surface area contributed by atoms with E-state index in [0.29, 0.717) is 22.0 Å². The Morgan fingerprint density at radius 2 is 1.77 bits per heavy atom. The van der Waals surface area contributed by atoms with Crippen LogP contribution in [0.4, 0.5) is 5.69 Å². The Morgan fingerprint density at radius 1 is 1.10 bits per heavy atom. The zero-order chi connectivity index (χ0) is 22.3. The van der Waals surface area contributed by atoms with Gasteiger partial charge in [-0.2, -0.15) is 0 Å². The van der Waals surface area contributed by atoms with Crippen molar-refractivity contribution in [3.05, 3.63) is 58.1 Å². The first kappa shape index (κ1) is 23.2. The number of esters is 1. The second kappa shape index (κ2) is 10.6. The van der Waals surface area contributed by atoms with E-state index < -0.39 is 11.9 Å². The van der Waals surface area contributed by atoms with Crippen molar-refractivity contribution in [3.8, 4) is 5.75 Å². The summed E-state index contributed by atoms with van der Waals surface area (Å²) in [5, 5.41) is 5.82. The number of hydrogen-bond donors (Lipinski definition) is 2. The number of methoxy groups -OCH3 is 1. The lowest BCUT2D eigenvalue weighted by Gasteiger charge is -2.16. The van der Waals surface area contributed by atoms with Crippen molar-refractivity contribution < 1.29 is 23.9 Å². The van der Waals surface area contributed by atoms with E-state index >= 15 is 0 Å². The largest absolute Gasteiger partial charge is 0.483 e. The van der Waals surface area contributed by atoms with Crippen LogP contribution in [-0.4, -0.2) is 38.0 Å². The number of carbonyl (C=O) groups excluding carboxylic acids is 3. The molecule has 2 aromatic carbocycles. The van der Waals surface area contributed by atoms with Gasteiger partial charge in [-0.3, -0.25) is 14.4 Å². The summed E-state index contributed by atoms with van der Waals surface area (Å²) in [5.41, 5.74) is 2.68. The summed E-state index contributed by atoms with van der Waals surface area (Å²) in [6, 6.07) is 9.96. The lowest BCUT2D eigenvalue weighted by molar-refractivity contribution is -0.139. The van der Waals surface area contributed by atoms with Crippen LogP contribution in [0.2, 0.25) is 5.02 Å². The van der Waals surface area contributed by atoms with Crippen molar-refractivity contribution in [1.82, 2.24) is 5.32 Å². The van der Waals surface area contributed by atoms with Gasteiger partial charge in [0.25, 0.3) is 11.8 Å². The molecule has 0 aliphatic rings. The number of carbonyl (C=O) groups is 3. The highest BCUT2D eigenvalue weighted by molar-refractivity contribution is 6.31. The number of nitrogens with one attached hydrogen (secondary N) is 2. The molecule has 0 aliphatic carbocycles. The van der Waals surface area contributed by atoms with Gasteiger partial charge in [0.2, 0.25) is 0 Å². The molecule has 0 radical (unpaired) electrons. The van der Waals surface area contributed by atoms with E-state index in [0.717, 1.165) is 11.1 Å². The van der Waals surface area contributed by atoms with E-state index in [1.807, 2.05) is 32.9 Å². The summed E-state index contributed by atoms with van der Waals surface area (Å²) in [6.07, 6.45) is 0. The molecule has 0 aliphatic heterocycles. The van der Waals surface area contributed by atoms with E-state index in [2.05, 4.69) is 15.4 Å². The maximum absolute atomic E-state index is 12.3. The van der Waals surface area contributed by atoms with E-state index in [1.165, 1.54) is 7.11 Å². The molecule has 0 fully saturated rings. The Bertz CT molecular complexity index is 926. The summed E-state index contributed by atoms with van der Waals surface area (Å²) in [5.74, 6) is -0.469. The monoisotopic (exact) mass is 432 g/mol. The summed E-state index contributed by atoms with van der Waals surface area (Å²) in [4.78, 5) is 35.3. The molecule has 30 heavy (non-hydrogen) atoms. The Balaban J connectivity index is 1.94. The van der Waals surface area contributed by atoms with Gasteiger partial charge in [-0.25, -0.2) is 0 Å². The molecule has 0 heterocycles. The quantitative estimate of drug-likeness (QED) is 0.620. The van der Waals surface area contributed by atoms with Crippen LogP contribution in [-0.2, 0) is 14.3 Å². The van der Waals surface area contributed by atoms with Crippen molar-refractivity contribution >= 4 is 35.1 Å². The molecule has 7 nitrogen and oxygen atoms in total. The van der Waals surface area contributed by atoms with E-state index in [1.54, 1.807) is 24.3 Å². The van der Waals surface area contributed by atoms with Gasteiger partial charge in [0.05, 0.1) is 7.11 Å². The fourth-order valence-electron chi connectivity index (χ4n) is 2.62. The molecule has 0 saturated carbocycles. The maximum atomic E-state index is 12.3. The first-order chi connectivity index (χ1) is 14.2. The molecule has 0 spiro atoms. The number of hydrogen-bond acceptors (Lipinski definition) is 5. The van der Waals surface area contributed by atoms with E-state index in [4.69, 9.17) is 16.3 Å². The fraction of sp³-hybridized carbons (Fsp3) is 0.318. The molecule has 0 atom stereocenters. The molecular formula is C22H25ClN2O5. The molecule has 160 valence electrons. The Hall–Kier alpha value is -3.06. The van der Waals surface area contributed by atoms with Crippen LogP contribution in [0.5, 0.6) is 5.75 Å². The van der Waals surface area contributed by atoms with Crippen molar-refractivity contribution in [2.45, 2.75) is 26.7 Å². The molecule has 2 aromatic rings. The van der Waals surface area contributed by atoms with Gasteiger partial charge >= 0.3 is 5.97 Å². The van der Waals surface area contributed by atoms with Crippen molar-refractivity contribution in [2.75, 3.05) is 25.6 Å². The summed E-state index contributed by atoms with van der Waals surface area (Å²) >= 11 is 6.19. The lowest BCUT2D eigenvalue weighted by Crippen LogP contribution is -2.30. The number of aryl methyl sites for hydroxylation is 1. The van der Waals surface area contributed by atoms with Crippen LogP contribution in [0.1, 0.15) is 41.3 Å². The van der Waals surface area contributed by atoms with Crippen molar-refractivity contribution in [1.29, 1.82) is 0 Å². The molecule has 2 rings (SSSR count). The standard InChI is InChI=1S/C22H25ClN2O5/c1-13(2)17-10-18(23)14(3)9-19(17)30-12-20(26)25-16-7-5-15(6-8-16)22(28)24-11-21(27)29-4/h5-10,13H,11-12H2,1-4H3,(H,24,28)(H,25,26). The summed E-state index contributed by atoms with van der Waals surface area (Å²) in [6.45, 7) is 5.55. The number of amides is 2. The SMILES string of the molecule is COC(=O)CNC(=O)c1ccc(NC(=O)COc2cc(C)c(Cl)cc2C(C)C)cc1. The average molecular weight is 433 g/mol. The van der Waals surface area contributed by atoms with Crippen LogP contribution in [0.3, 0.4) is 0 Å². The van der Waals surface area contributed by atoms with Crippen LogP contribution >= 0.6 is 11.6 Å². The molecule has 2 N–H and O–H groups in total. The molecule has 0 unspecified atom stereocenters. The highest BCUT2D eigenvalue weighted by Crippen LogP contribution is 2.32. The first-order valence-electron chi connectivity index (χ1n) is 9.39. The van der Waals surface area contributed by atoms with Gasteiger partial charge in [0, 0.05) is 16.3 Å². The summed E-state index contributed by atoms with van der Waals surface area (Å²) in [7, 11) is 1.24. The Kier molecular flexibility index (Phi) is 8.24. The zero-order valence-corrected chi connectivity index (χ0v) is 18.1. The number of benzene rings is 2. The van der Waals surface area contributed by atoms with Gasteiger partial charge < -0.3 is 20.1 Å². The molecular weight excluding hydrogens is 408 g/mol. The van der Waals surface area contributed by atoms with Crippen LogP contribution in [0.15, 0.2) is 36.4 Å². The third-order valence-corrected chi connectivity index (χ3v) is 4.73. The predicted octanol–water partition coefficient (Wildman–Crippen LogP) is 3.69. The second-order valence-electron chi connectivity index (χ2n) is 6.97. The minimum Gasteiger partial charge on any atom is -0.483 e. The van der Waals surface area contributed by atoms with Crippen LogP contribution in [0, 0.1) is 6.92 Å². The minimum atomic E-state index is -0.538. The average Bonchev–Trinajstić information content (AvgIpc) is 2.72. The van der Waals surface area contributed by atoms with Crippen molar-refractivity contribution in [3.63, 3.8) is 0 Å². The van der Waals surface area contributed by atoms with Gasteiger partial charge in [-0.1, -0.05) is 25.4 Å². The summed E-state index contributed by atoms with van der Waals surface area (Å²) < 4.78 is 10.2. The zero-order valence-electron chi connectivity index (χ0n) is 17.4. The lowest BCUT2D eigenvalue weighted by atomic mass is 10.0. The first-order valence-corrected chi connectivity index (χ1v) is 9.76. The van der Waals surface area contributed by atoms with Gasteiger partial charge in [-0.05, 0) is 60.4 Å². The highest BCUT2D eigenvalue weighted by atomic mass is 35.5. The molecule has 0 aromatic heterocycles. The smallest absolute Gasteiger partial charge is 0.325 e. The normalized spacial score (nSPS) is 10.5. The number of halogens is 1. The van der Waals surface area contributed by atoms with Crippen molar-refractivity contribution in [2.24, 2.45) is 0 Å². The number of rotatable bonds is 8. The molecule has 2 amide bonds. The predicted molar refractivity (Wildman–Crippen MR) is 115 cm³/mol. The topological polar surface area (TPSA) is 93.7 Å². The van der Waals surface area contributed by atoms with Crippen LogP contribution in [0.25, 0.3) is 0 Å².